The minimum atomic E-state index is -0.345. The molecule has 0 bridgehead atoms. The van der Waals surface area contributed by atoms with E-state index in [0.717, 1.165) is 25.2 Å². The Balaban J connectivity index is 0.00000261. The molecule has 1 aliphatic carbocycles. The number of aromatic nitrogens is 1. The average molecular weight is 370 g/mol. The lowest BCUT2D eigenvalue weighted by Crippen LogP contribution is -2.36. The first kappa shape index (κ1) is 20.8. The average Bonchev–Trinajstić information content (AvgIpc) is 3.28. The van der Waals surface area contributed by atoms with Gasteiger partial charge in [-0.15, -0.1) is 0 Å². The fourth-order valence-corrected chi connectivity index (χ4v) is 3.55. The third-order valence-electron chi connectivity index (χ3n) is 5.06. The van der Waals surface area contributed by atoms with Crippen molar-refractivity contribution in [2.75, 3.05) is 32.8 Å². The van der Waals surface area contributed by atoms with E-state index >= 15 is 0 Å². The number of hydrogen-bond donors (Lipinski definition) is 2. The highest BCUT2D eigenvalue weighted by molar-refractivity contribution is 5.87. The molecular weight excluding hydrogens is 340 g/mol. The van der Waals surface area contributed by atoms with Crippen molar-refractivity contribution >= 4 is 22.7 Å². The maximum absolute atomic E-state index is 11.4. The number of fused-ring (bicyclic) bond motifs is 1. The lowest BCUT2D eigenvalue weighted by molar-refractivity contribution is 0.150. The molecule has 0 spiro atoms. The molecule has 146 valence electrons. The summed E-state index contributed by atoms with van der Waals surface area (Å²) in [6, 6.07) is 5.84. The lowest BCUT2D eigenvalue weighted by Gasteiger charge is -2.20. The molecule has 6 nitrogen and oxygen atoms in total. The normalized spacial score (nSPS) is 18.0. The van der Waals surface area contributed by atoms with Crippen molar-refractivity contribution in [1.82, 2.24) is 15.2 Å². The van der Waals surface area contributed by atoms with Gasteiger partial charge >= 0.3 is 6.09 Å². The number of benzene rings is 1. The Bertz CT molecular complexity index is 808. The summed E-state index contributed by atoms with van der Waals surface area (Å²) in [5.74, 6) is 1.19. The summed E-state index contributed by atoms with van der Waals surface area (Å²) in [5.41, 5.74) is 3.12. The maximum atomic E-state index is 11.4. The number of H-pyrrole nitrogens is 1. The van der Waals surface area contributed by atoms with Crippen LogP contribution in [0, 0.1) is 12.5 Å². The Kier molecular flexibility index (Phi) is 7.26. The quantitative estimate of drug-likeness (QED) is 0.671. The molecule has 2 atom stereocenters. The maximum Gasteiger partial charge on any atom is 0.407 e. The first-order valence-electron chi connectivity index (χ1n) is 9.27. The van der Waals surface area contributed by atoms with Crippen molar-refractivity contribution in [1.29, 1.82) is 0 Å². The molecule has 6 heteroatoms. The molecule has 0 radical (unpaired) electrons. The monoisotopic (exact) mass is 370 g/mol. The van der Waals surface area contributed by atoms with Crippen LogP contribution in [0.5, 0.6) is 0 Å². The molecule has 3 rings (SSSR count). The van der Waals surface area contributed by atoms with Crippen LogP contribution in [-0.2, 0) is 4.74 Å². The number of aromatic amines is 1. The Morgan fingerprint density at radius 1 is 1.44 bits per heavy atom. The molecule has 1 aromatic heterocycles. The SMILES string of the molecule is C.[C-]#[N+]c1ccc2[nH]cc(C3CC3CN(CC)CCNC(=O)OCC)c2c1. The van der Waals surface area contributed by atoms with Crippen LogP contribution in [0.1, 0.15) is 39.2 Å². The van der Waals surface area contributed by atoms with Gasteiger partial charge in [0, 0.05) is 31.3 Å². The largest absolute Gasteiger partial charge is 0.450 e. The minimum absolute atomic E-state index is 0. The van der Waals surface area contributed by atoms with Crippen LogP contribution in [0.4, 0.5) is 10.5 Å². The summed E-state index contributed by atoms with van der Waals surface area (Å²) in [6.07, 6.45) is 2.93. The molecule has 2 N–H and O–H groups in total. The Hall–Kier alpha value is -2.52. The molecule has 2 aromatic rings. The van der Waals surface area contributed by atoms with Crippen molar-refractivity contribution in [3.8, 4) is 0 Å². The smallest absolute Gasteiger partial charge is 0.407 e. The molecule has 0 aliphatic heterocycles. The van der Waals surface area contributed by atoms with E-state index in [1.54, 1.807) is 6.92 Å². The van der Waals surface area contributed by atoms with Gasteiger partial charge in [-0.25, -0.2) is 9.64 Å². The topological polar surface area (TPSA) is 61.7 Å². The van der Waals surface area contributed by atoms with Gasteiger partial charge in [0.15, 0.2) is 5.69 Å². The van der Waals surface area contributed by atoms with E-state index in [1.807, 2.05) is 18.2 Å². The number of amides is 1. The number of carbonyl (C=O) groups excluding carboxylic acids is 1. The molecule has 1 aromatic carbocycles. The van der Waals surface area contributed by atoms with E-state index < -0.39 is 0 Å². The fraction of sp³-hybridized carbons (Fsp3) is 0.524. The zero-order valence-corrected chi connectivity index (χ0v) is 15.4. The van der Waals surface area contributed by atoms with Crippen LogP contribution in [0.2, 0.25) is 0 Å². The van der Waals surface area contributed by atoms with E-state index in [4.69, 9.17) is 11.3 Å². The molecule has 27 heavy (non-hydrogen) atoms. The van der Waals surface area contributed by atoms with Gasteiger partial charge in [-0.2, -0.15) is 0 Å². The standard InChI is InChI=1S/C20H26N4O2.CH4/c1-4-24(9-8-22-20(25)26-5-2)13-14-10-16(14)18-12-23-19-7-6-15(21-3)11-17(18)19;/h6-7,11-12,14,16,23H,4-5,8-10,13H2,1-2H3,(H,22,25);1H4. The Morgan fingerprint density at radius 3 is 2.96 bits per heavy atom. The number of nitrogens with one attached hydrogen (secondary N) is 2. The number of ether oxygens (including phenoxy) is 1. The third kappa shape index (κ3) is 5.01. The highest BCUT2D eigenvalue weighted by Gasteiger charge is 2.40. The second-order valence-corrected chi connectivity index (χ2v) is 6.73. The number of rotatable bonds is 8. The van der Waals surface area contributed by atoms with Crippen LogP contribution in [0.15, 0.2) is 24.4 Å². The van der Waals surface area contributed by atoms with Gasteiger partial charge in [-0.1, -0.05) is 20.4 Å². The Labute approximate surface area is 161 Å². The number of hydrogen-bond acceptors (Lipinski definition) is 3. The molecule has 1 fully saturated rings. The second-order valence-electron chi connectivity index (χ2n) is 6.73. The number of nitrogens with zero attached hydrogens (tertiary/aromatic N) is 2. The summed E-state index contributed by atoms with van der Waals surface area (Å²) in [6.45, 7) is 15.0. The summed E-state index contributed by atoms with van der Waals surface area (Å²) >= 11 is 0. The fourth-order valence-electron chi connectivity index (χ4n) is 3.55. The molecule has 1 heterocycles. The molecule has 1 aliphatic rings. The van der Waals surface area contributed by atoms with E-state index in [-0.39, 0.29) is 13.5 Å². The summed E-state index contributed by atoms with van der Waals surface area (Å²) in [7, 11) is 0. The van der Waals surface area contributed by atoms with Crippen LogP contribution in [0.3, 0.4) is 0 Å². The summed E-state index contributed by atoms with van der Waals surface area (Å²) in [4.78, 5) is 20.6. The van der Waals surface area contributed by atoms with Crippen LogP contribution < -0.4 is 5.32 Å². The molecule has 1 amide bonds. The van der Waals surface area contributed by atoms with Crippen LogP contribution >= 0.6 is 0 Å². The molecule has 2 unspecified atom stereocenters. The first-order chi connectivity index (χ1) is 12.7. The molecule has 0 saturated heterocycles. The molecular formula is C21H30N4O2. The summed E-state index contributed by atoms with van der Waals surface area (Å²) < 4.78 is 4.88. The van der Waals surface area contributed by atoms with E-state index in [9.17, 15) is 4.79 Å². The van der Waals surface area contributed by atoms with Gasteiger partial charge in [0.25, 0.3) is 0 Å². The predicted molar refractivity (Wildman–Crippen MR) is 109 cm³/mol. The van der Waals surface area contributed by atoms with Crippen molar-refractivity contribution in [3.05, 3.63) is 41.4 Å². The number of alkyl carbamates (subject to hydrolysis) is 1. The summed E-state index contributed by atoms with van der Waals surface area (Å²) in [5, 5.41) is 3.96. The zero-order chi connectivity index (χ0) is 18.5. The van der Waals surface area contributed by atoms with Gasteiger partial charge in [-0.3, -0.25) is 0 Å². The van der Waals surface area contributed by atoms with E-state index in [2.05, 4.69) is 33.2 Å². The zero-order valence-electron chi connectivity index (χ0n) is 15.4. The van der Waals surface area contributed by atoms with Gasteiger partial charge in [-0.05, 0) is 54.8 Å². The van der Waals surface area contributed by atoms with E-state index in [0.29, 0.717) is 30.7 Å². The predicted octanol–water partition coefficient (Wildman–Crippen LogP) is 4.53. The third-order valence-corrected chi connectivity index (χ3v) is 5.06. The van der Waals surface area contributed by atoms with Gasteiger partial charge in [0.2, 0.25) is 0 Å². The lowest BCUT2D eigenvalue weighted by atomic mass is 10.1. The number of likely N-dealkylation sites (N-methyl/N-ethyl adjacent to an activating group) is 1. The Morgan fingerprint density at radius 2 is 2.26 bits per heavy atom. The molecule has 1 saturated carbocycles. The minimum Gasteiger partial charge on any atom is -0.450 e. The van der Waals surface area contributed by atoms with Crippen LogP contribution in [-0.4, -0.2) is 48.8 Å². The first-order valence-corrected chi connectivity index (χ1v) is 9.27. The van der Waals surface area contributed by atoms with Crippen molar-refractivity contribution in [3.63, 3.8) is 0 Å². The van der Waals surface area contributed by atoms with Crippen molar-refractivity contribution < 1.29 is 9.53 Å². The van der Waals surface area contributed by atoms with Gasteiger partial charge in [0.1, 0.15) is 0 Å². The van der Waals surface area contributed by atoms with Crippen molar-refractivity contribution in [2.45, 2.75) is 33.6 Å². The van der Waals surface area contributed by atoms with Crippen molar-refractivity contribution in [2.24, 2.45) is 5.92 Å². The van der Waals surface area contributed by atoms with Gasteiger partial charge < -0.3 is 19.9 Å². The second kappa shape index (κ2) is 9.43. The highest BCUT2D eigenvalue weighted by atomic mass is 16.5. The van der Waals surface area contributed by atoms with E-state index in [1.165, 1.54) is 17.4 Å². The number of carbonyl (C=O) groups is 1. The van der Waals surface area contributed by atoms with Crippen LogP contribution in [0.25, 0.3) is 15.7 Å². The highest BCUT2D eigenvalue weighted by Crippen LogP contribution is 2.50. The van der Waals surface area contributed by atoms with Gasteiger partial charge in [0.05, 0.1) is 13.2 Å².